The van der Waals surface area contributed by atoms with Crippen molar-refractivity contribution in [3.63, 3.8) is 0 Å². The van der Waals surface area contributed by atoms with Crippen molar-refractivity contribution in [2.24, 2.45) is 16.3 Å². The molecule has 4 nitrogen and oxygen atoms in total. The van der Waals surface area contributed by atoms with Gasteiger partial charge >= 0.3 is 5.97 Å². The van der Waals surface area contributed by atoms with Crippen molar-refractivity contribution >= 4 is 40.7 Å². The van der Waals surface area contributed by atoms with Crippen LogP contribution in [0.25, 0.3) is 0 Å². The highest BCUT2D eigenvalue weighted by atomic mass is 35.5. The number of halogens is 2. The zero-order valence-electron chi connectivity index (χ0n) is 16.6. The summed E-state index contributed by atoms with van der Waals surface area (Å²) in [6, 6.07) is 5.31. The van der Waals surface area contributed by atoms with E-state index in [-0.39, 0.29) is 11.2 Å². The van der Waals surface area contributed by atoms with Crippen LogP contribution in [0.15, 0.2) is 34.5 Å². The van der Waals surface area contributed by atoms with Gasteiger partial charge in [-0.3, -0.25) is 9.79 Å². The Morgan fingerprint density at radius 3 is 2.64 bits per heavy atom. The number of carbonyl (C=O) groups is 2. The molecule has 1 heterocycles. The van der Waals surface area contributed by atoms with E-state index in [1.807, 2.05) is 13.0 Å². The molecule has 0 spiro atoms. The highest BCUT2D eigenvalue weighted by molar-refractivity contribution is 6.42. The molecule has 0 aromatic heterocycles. The van der Waals surface area contributed by atoms with Crippen LogP contribution in [0.3, 0.4) is 0 Å². The second kappa shape index (κ2) is 8.00. The first kappa shape index (κ1) is 21.1. The predicted molar refractivity (Wildman–Crippen MR) is 112 cm³/mol. The van der Waals surface area contributed by atoms with E-state index in [4.69, 9.17) is 27.9 Å². The Balaban J connectivity index is 2.19. The minimum atomic E-state index is -0.536. The van der Waals surface area contributed by atoms with Crippen molar-refractivity contribution in [1.29, 1.82) is 0 Å². The maximum atomic E-state index is 13.2. The van der Waals surface area contributed by atoms with Gasteiger partial charge in [0.2, 0.25) is 0 Å². The maximum absolute atomic E-state index is 13.2. The van der Waals surface area contributed by atoms with Crippen LogP contribution in [0.2, 0.25) is 10.0 Å². The van der Waals surface area contributed by atoms with Gasteiger partial charge in [-0.1, -0.05) is 56.1 Å². The van der Waals surface area contributed by atoms with E-state index in [0.29, 0.717) is 52.7 Å². The maximum Gasteiger partial charge on any atom is 0.336 e. The van der Waals surface area contributed by atoms with Gasteiger partial charge in [0.1, 0.15) is 5.78 Å². The molecule has 1 aliphatic heterocycles. The Morgan fingerprint density at radius 2 is 1.96 bits per heavy atom. The topological polar surface area (TPSA) is 55.7 Å². The molecule has 1 fully saturated rings. The lowest BCUT2D eigenvalue weighted by Gasteiger charge is -2.41. The van der Waals surface area contributed by atoms with Gasteiger partial charge in [0.15, 0.2) is 0 Å². The molecule has 0 saturated heterocycles. The number of benzene rings is 1. The summed E-state index contributed by atoms with van der Waals surface area (Å²) in [5, 5.41) is 0.757. The largest absolute Gasteiger partial charge is 0.462 e. The first-order valence-electron chi connectivity index (χ1n) is 9.58. The number of fused-ring (bicyclic) bond motifs is 1. The number of Topliss-reactive ketones (excluding diaryl/α,β-unsaturated/α-hetero) is 1. The molecule has 150 valence electrons. The first-order valence-corrected chi connectivity index (χ1v) is 10.3. The molecule has 0 amide bonds. The molecule has 28 heavy (non-hydrogen) atoms. The Labute approximate surface area is 176 Å². The van der Waals surface area contributed by atoms with E-state index in [9.17, 15) is 9.59 Å². The van der Waals surface area contributed by atoms with Gasteiger partial charge in [-0.25, -0.2) is 4.79 Å². The van der Waals surface area contributed by atoms with Crippen LogP contribution in [0.4, 0.5) is 0 Å². The van der Waals surface area contributed by atoms with E-state index in [2.05, 4.69) is 18.8 Å². The molecule has 6 heteroatoms. The van der Waals surface area contributed by atoms with Crippen molar-refractivity contribution in [2.45, 2.75) is 52.9 Å². The van der Waals surface area contributed by atoms with Crippen molar-refractivity contribution in [3.8, 4) is 0 Å². The van der Waals surface area contributed by atoms with Crippen LogP contribution in [0.5, 0.6) is 0 Å². The summed E-state index contributed by atoms with van der Waals surface area (Å²) in [7, 11) is 0. The van der Waals surface area contributed by atoms with Crippen molar-refractivity contribution in [2.75, 3.05) is 6.61 Å². The summed E-state index contributed by atoms with van der Waals surface area (Å²) in [5.74, 6) is -1.42. The van der Waals surface area contributed by atoms with E-state index in [0.717, 1.165) is 5.71 Å². The molecule has 2 atom stereocenters. The van der Waals surface area contributed by atoms with Crippen molar-refractivity contribution < 1.29 is 14.3 Å². The standard InChI is InChI=1S/C22H25Cl2NO3/c1-5-9-28-21(27)17-12(2)25-15-10-22(3,4)11-16(26)19(15)18(17)13-7-6-8-14(23)20(13)24/h6-8,18-19H,5,9-11H2,1-4H3. The van der Waals surface area contributed by atoms with Gasteiger partial charge in [-0.05, 0) is 36.8 Å². The normalized spacial score (nSPS) is 23.9. The van der Waals surface area contributed by atoms with Gasteiger partial charge in [0.05, 0.1) is 28.1 Å². The Morgan fingerprint density at radius 1 is 1.25 bits per heavy atom. The van der Waals surface area contributed by atoms with Gasteiger partial charge in [0, 0.05) is 23.7 Å². The quantitative estimate of drug-likeness (QED) is 0.580. The average Bonchev–Trinajstić information content (AvgIpc) is 2.59. The molecule has 1 aromatic carbocycles. The van der Waals surface area contributed by atoms with Crippen LogP contribution in [0.1, 0.15) is 58.4 Å². The first-order chi connectivity index (χ1) is 13.2. The van der Waals surface area contributed by atoms with Crippen LogP contribution < -0.4 is 0 Å². The highest BCUT2D eigenvalue weighted by Crippen LogP contribution is 2.49. The fraction of sp³-hybridized carbons (Fsp3) is 0.500. The number of carbonyl (C=O) groups excluding carboxylic acids is 2. The fourth-order valence-electron chi connectivity index (χ4n) is 4.23. The third kappa shape index (κ3) is 3.90. The number of aliphatic imine (C=N–C) groups is 1. The minimum Gasteiger partial charge on any atom is -0.462 e. The molecule has 0 N–H and O–H groups in total. The highest BCUT2D eigenvalue weighted by Gasteiger charge is 2.48. The Bertz CT molecular complexity index is 886. The number of esters is 1. The number of rotatable bonds is 4. The third-order valence-electron chi connectivity index (χ3n) is 5.34. The van der Waals surface area contributed by atoms with Gasteiger partial charge < -0.3 is 4.74 Å². The summed E-state index contributed by atoms with van der Waals surface area (Å²) in [5.41, 5.74) is 2.31. The molecule has 0 radical (unpaired) electrons. The van der Waals surface area contributed by atoms with Crippen LogP contribution in [-0.2, 0) is 14.3 Å². The third-order valence-corrected chi connectivity index (χ3v) is 6.17. The van der Waals surface area contributed by atoms with E-state index < -0.39 is 17.8 Å². The number of ether oxygens (including phenoxy) is 1. The number of nitrogens with zero attached hydrogens (tertiary/aromatic N) is 1. The second-order valence-electron chi connectivity index (χ2n) is 8.32. The summed E-state index contributed by atoms with van der Waals surface area (Å²) in [6.07, 6.45) is 1.85. The second-order valence-corrected chi connectivity index (χ2v) is 9.11. The van der Waals surface area contributed by atoms with Crippen LogP contribution >= 0.6 is 23.2 Å². The lowest BCUT2D eigenvalue weighted by molar-refractivity contribution is -0.139. The molecular weight excluding hydrogens is 397 g/mol. The molecular formula is C22H25Cl2NO3. The van der Waals surface area contributed by atoms with Crippen molar-refractivity contribution in [3.05, 3.63) is 45.1 Å². The van der Waals surface area contributed by atoms with Gasteiger partial charge in [-0.15, -0.1) is 0 Å². The molecule has 0 bridgehead atoms. The summed E-state index contributed by atoms with van der Waals surface area (Å²) < 4.78 is 5.43. The SMILES string of the molecule is CCCOC(=O)C1=C(C)N=C2CC(C)(C)CC(=O)C2C1c1cccc(Cl)c1Cl. The molecule has 1 saturated carbocycles. The molecule has 1 aromatic rings. The predicted octanol–water partition coefficient (Wildman–Crippen LogP) is 5.76. The lowest BCUT2D eigenvalue weighted by Crippen LogP contribution is -2.44. The lowest BCUT2D eigenvalue weighted by atomic mass is 9.63. The summed E-state index contributed by atoms with van der Waals surface area (Å²) >= 11 is 12.8. The number of hydrogen-bond donors (Lipinski definition) is 0. The van der Waals surface area contributed by atoms with Crippen molar-refractivity contribution in [1.82, 2.24) is 0 Å². The molecule has 2 unspecified atom stereocenters. The summed E-state index contributed by atoms with van der Waals surface area (Å²) in [6.45, 7) is 8.17. The van der Waals surface area contributed by atoms with Crippen LogP contribution in [-0.4, -0.2) is 24.1 Å². The smallest absolute Gasteiger partial charge is 0.336 e. The van der Waals surface area contributed by atoms with E-state index in [1.165, 1.54) is 0 Å². The molecule has 2 aliphatic rings. The van der Waals surface area contributed by atoms with Gasteiger partial charge in [0.25, 0.3) is 0 Å². The number of allylic oxidation sites excluding steroid dienone is 1. The van der Waals surface area contributed by atoms with E-state index >= 15 is 0 Å². The van der Waals surface area contributed by atoms with E-state index in [1.54, 1.807) is 19.1 Å². The van der Waals surface area contributed by atoms with Gasteiger partial charge in [-0.2, -0.15) is 0 Å². The zero-order valence-corrected chi connectivity index (χ0v) is 18.2. The van der Waals surface area contributed by atoms with Crippen LogP contribution in [0, 0.1) is 11.3 Å². The zero-order chi connectivity index (χ0) is 20.6. The molecule has 3 rings (SSSR count). The monoisotopic (exact) mass is 421 g/mol. The number of hydrogen-bond acceptors (Lipinski definition) is 4. The molecule has 1 aliphatic carbocycles. The number of ketones is 1. The average molecular weight is 422 g/mol. The summed E-state index contributed by atoms with van der Waals surface area (Å²) in [4.78, 5) is 30.8. The Hall–Kier alpha value is -1.65. The fourth-order valence-corrected chi connectivity index (χ4v) is 4.65. The minimum absolute atomic E-state index is 0.0735. The Kier molecular flexibility index (Phi) is 6.02.